The molecule has 39 heavy (non-hydrogen) atoms. The van der Waals surface area contributed by atoms with Crippen LogP contribution in [0.2, 0.25) is 0 Å². The van der Waals surface area contributed by atoms with Crippen molar-refractivity contribution in [2.24, 2.45) is 0 Å². The van der Waals surface area contributed by atoms with Crippen LogP contribution in [-0.2, 0) is 9.59 Å². The predicted octanol–water partition coefficient (Wildman–Crippen LogP) is 5.99. The van der Waals surface area contributed by atoms with Gasteiger partial charge in [0.1, 0.15) is 5.54 Å². The van der Waals surface area contributed by atoms with Crippen LogP contribution in [-0.4, -0.2) is 48.4 Å². The number of anilines is 1. The van der Waals surface area contributed by atoms with Gasteiger partial charge in [-0.3, -0.25) is 9.59 Å². The summed E-state index contributed by atoms with van der Waals surface area (Å²) < 4.78 is 0. The lowest BCUT2D eigenvalue weighted by atomic mass is 9.79. The quantitative estimate of drug-likeness (QED) is 0.414. The lowest BCUT2D eigenvalue weighted by Crippen LogP contribution is -2.63. The molecule has 1 saturated carbocycles. The van der Waals surface area contributed by atoms with E-state index >= 15 is 0 Å². The molecule has 5 nitrogen and oxygen atoms in total. The first kappa shape index (κ1) is 27.0. The van der Waals surface area contributed by atoms with E-state index in [4.69, 9.17) is 0 Å². The first-order valence-electron chi connectivity index (χ1n) is 14.5. The Balaban J connectivity index is 1.29. The maximum atomic E-state index is 14.1. The number of aryl methyl sites for hydroxylation is 2. The molecule has 1 heterocycles. The summed E-state index contributed by atoms with van der Waals surface area (Å²) in [5.74, 6) is 0.00707. The number of hydrogen-bond acceptors (Lipinski definition) is 3. The Morgan fingerprint density at radius 2 is 1.36 bits per heavy atom. The Morgan fingerprint density at radius 1 is 0.769 bits per heavy atom. The summed E-state index contributed by atoms with van der Waals surface area (Å²) in [6.07, 6.45) is 4.81. The average Bonchev–Trinajstić information content (AvgIpc) is 2.98. The van der Waals surface area contributed by atoms with Crippen LogP contribution in [0.25, 0.3) is 0 Å². The molecule has 1 aliphatic heterocycles. The lowest BCUT2D eigenvalue weighted by molar-refractivity contribution is -0.143. The Labute approximate surface area is 233 Å². The monoisotopic (exact) mass is 523 g/mol. The SMILES string of the molecule is Cc1ccc(N2CCN(C(=O)C3(NC(=O)CC(c4ccccc4)c4ccccc4)CCCCC3)CC2)cc1C. The summed E-state index contributed by atoms with van der Waals surface area (Å²) in [6, 6.07) is 27.0. The molecule has 0 atom stereocenters. The Bertz CT molecular complexity index is 1220. The van der Waals surface area contributed by atoms with Gasteiger partial charge >= 0.3 is 0 Å². The number of piperazine rings is 1. The standard InChI is InChI=1S/C34H41N3O2/c1-26-16-17-30(24-27(26)2)36-20-22-37(23-21-36)33(39)34(18-10-5-11-19-34)35-32(38)25-31(28-12-6-3-7-13-28)29-14-8-4-9-15-29/h3-4,6-9,12-17,24,31H,5,10-11,18-23,25H2,1-2H3,(H,35,38). The van der Waals surface area contributed by atoms with Crippen LogP contribution in [0.1, 0.15) is 66.7 Å². The second-order valence-corrected chi connectivity index (χ2v) is 11.3. The number of amides is 2. The highest BCUT2D eigenvalue weighted by Crippen LogP contribution is 2.33. The van der Waals surface area contributed by atoms with Crippen LogP contribution in [0.15, 0.2) is 78.9 Å². The van der Waals surface area contributed by atoms with Gasteiger partial charge in [-0.1, -0.05) is 86.0 Å². The number of rotatable bonds is 7. The summed E-state index contributed by atoms with van der Waals surface area (Å²) in [6.45, 7) is 7.26. The third-order valence-corrected chi connectivity index (χ3v) is 8.71. The molecule has 3 aromatic carbocycles. The molecule has 2 amide bonds. The molecule has 0 bridgehead atoms. The molecular formula is C34H41N3O2. The van der Waals surface area contributed by atoms with Crippen LogP contribution in [0, 0.1) is 13.8 Å². The molecule has 2 aliphatic rings. The number of hydrogen-bond donors (Lipinski definition) is 1. The third kappa shape index (κ3) is 6.19. The van der Waals surface area contributed by atoms with Gasteiger partial charge in [-0.25, -0.2) is 0 Å². The summed E-state index contributed by atoms with van der Waals surface area (Å²) in [5.41, 5.74) is 5.24. The second-order valence-electron chi connectivity index (χ2n) is 11.3. The minimum absolute atomic E-state index is 0.0447. The van der Waals surface area contributed by atoms with E-state index in [1.807, 2.05) is 41.3 Å². The van der Waals surface area contributed by atoms with Gasteiger partial charge in [0.15, 0.2) is 0 Å². The van der Waals surface area contributed by atoms with Crippen LogP contribution >= 0.6 is 0 Å². The Hall–Kier alpha value is -3.60. The van der Waals surface area contributed by atoms with Crippen molar-refractivity contribution in [2.75, 3.05) is 31.1 Å². The maximum Gasteiger partial charge on any atom is 0.248 e. The van der Waals surface area contributed by atoms with Gasteiger partial charge in [-0.15, -0.1) is 0 Å². The fourth-order valence-corrected chi connectivity index (χ4v) is 6.24. The van der Waals surface area contributed by atoms with Crippen molar-refractivity contribution >= 4 is 17.5 Å². The molecule has 0 radical (unpaired) electrons. The van der Waals surface area contributed by atoms with Gasteiger partial charge in [0, 0.05) is 44.2 Å². The van der Waals surface area contributed by atoms with Gasteiger partial charge < -0.3 is 15.1 Å². The number of carbonyl (C=O) groups excluding carboxylic acids is 2. The van der Waals surface area contributed by atoms with Crippen molar-refractivity contribution < 1.29 is 9.59 Å². The molecule has 2 fully saturated rings. The molecule has 5 rings (SSSR count). The molecular weight excluding hydrogens is 482 g/mol. The zero-order valence-electron chi connectivity index (χ0n) is 23.4. The van der Waals surface area contributed by atoms with Crippen molar-refractivity contribution in [3.63, 3.8) is 0 Å². The van der Waals surface area contributed by atoms with E-state index in [0.29, 0.717) is 19.5 Å². The minimum atomic E-state index is -0.796. The van der Waals surface area contributed by atoms with E-state index < -0.39 is 5.54 Å². The van der Waals surface area contributed by atoms with Crippen LogP contribution in [0.5, 0.6) is 0 Å². The zero-order chi connectivity index (χ0) is 27.2. The van der Waals surface area contributed by atoms with Crippen molar-refractivity contribution in [2.45, 2.75) is 63.8 Å². The van der Waals surface area contributed by atoms with Crippen LogP contribution in [0.3, 0.4) is 0 Å². The topological polar surface area (TPSA) is 52.6 Å². The van der Waals surface area contributed by atoms with Crippen molar-refractivity contribution in [1.82, 2.24) is 10.2 Å². The Morgan fingerprint density at radius 3 is 1.92 bits per heavy atom. The van der Waals surface area contributed by atoms with Crippen molar-refractivity contribution in [3.8, 4) is 0 Å². The highest BCUT2D eigenvalue weighted by Gasteiger charge is 2.44. The first-order valence-corrected chi connectivity index (χ1v) is 14.5. The molecule has 3 aromatic rings. The highest BCUT2D eigenvalue weighted by atomic mass is 16.2. The van der Waals surface area contributed by atoms with Crippen LogP contribution in [0.4, 0.5) is 5.69 Å². The molecule has 204 valence electrons. The smallest absolute Gasteiger partial charge is 0.248 e. The number of nitrogens with zero attached hydrogens (tertiary/aromatic N) is 2. The highest BCUT2D eigenvalue weighted by molar-refractivity contribution is 5.92. The molecule has 0 unspecified atom stereocenters. The zero-order valence-corrected chi connectivity index (χ0v) is 23.4. The van der Waals surface area contributed by atoms with Gasteiger partial charge in [-0.05, 0) is 61.1 Å². The third-order valence-electron chi connectivity index (χ3n) is 8.71. The van der Waals surface area contributed by atoms with Gasteiger partial charge in [0.2, 0.25) is 11.8 Å². The normalized spacial score (nSPS) is 17.2. The largest absolute Gasteiger partial charge is 0.368 e. The van der Waals surface area contributed by atoms with Crippen LogP contribution < -0.4 is 10.2 Å². The first-order chi connectivity index (χ1) is 18.9. The van der Waals surface area contributed by atoms with Crippen molar-refractivity contribution in [1.29, 1.82) is 0 Å². The maximum absolute atomic E-state index is 14.1. The molecule has 5 heteroatoms. The molecule has 0 aromatic heterocycles. The van der Waals surface area contributed by atoms with E-state index in [9.17, 15) is 9.59 Å². The number of benzene rings is 3. The van der Waals surface area contributed by atoms with E-state index in [1.165, 1.54) is 16.8 Å². The predicted molar refractivity (Wildman–Crippen MR) is 158 cm³/mol. The van der Waals surface area contributed by atoms with Crippen molar-refractivity contribution in [3.05, 3.63) is 101 Å². The van der Waals surface area contributed by atoms with E-state index in [2.05, 4.69) is 66.5 Å². The van der Waals surface area contributed by atoms with E-state index in [0.717, 1.165) is 56.3 Å². The molecule has 1 saturated heterocycles. The summed E-state index contributed by atoms with van der Waals surface area (Å²) in [5, 5.41) is 3.31. The number of nitrogens with one attached hydrogen (secondary N) is 1. The fraction of sp³-hybridized carbons (Fsp3) is 0.412. The average molecular weight is 524 g/mol. The lowest BCUT2D eigenvalue weighted by Gasteiger charge is -2.44. The number of carbonyl (C=O) groups is 2. The van der Waals surface area contributed by atoms with E-state index in [1.54, 1.807) is 0 Å². The summed E-state index contributed by atoms with van der Waals surface area (Å²) >= 11 is 0. The molecule has 1 N–H and O–H groups in total. The fourth-order valence-electron chi connectivity index (χ4n) is 6.24. The summed E-state index contributed by atoms with van der Waals surface area (Å²) in [7, 11) is 0. The minimum Gasteiger partial charge on any atom is -0.368 e. The molecule has 0 spiro atoms. The van der Waals surface area contributed by atoms with Gasteiger partial charge in [-0.2, -0.15) is 0 Å². The Kier molecular flexibility index (Phi) is 8.35. The summed E-state index contributed by atoms with van der Waals surface area (Å²) in [4.78, 5) is 32.1. The molecule has 1 aliphatic carbocycles. The van der Waals surface area contributed by atoms with Gasteiger partial charge in [0.05, 0.1) is 0 Å². The van der Waals surface area contributed by atoms with E-state index in [-0.39, 0.29) is 17.7 Å². The second kappa shape index (κ2) is 12.1. The van der Waals surface area contributed by atoms with Gasteiger partial charge in [0.25, 0.3) is 0 Å².